The van der Waals surface area contributed by atoms with Gasteiger partial charge in [0.15, 0.2) is 0 Å². The zero-order chi connectivity index (χ0) is 14.7. The molecule has 2 fully saturated rings. The third kappa shape index (κ3) is 3.68. The molecule has 1 saturated heterocycles. The molecule has 0 bridgehead atoms. The molecule has 1 aromatic carbocycles. The van der Waals surface area contributed by atoms with Crippen LogP contribution in [0.1, 0.15) is 56.4 Å². The van der Waals surface area contributed by atoms with Crippen molar-refractivity contribution in [2.24, 2.45) is 0 Å². The van der Waals surface area contributed by atoms with Crippen LogP contribution in [-0.4, -0.2) is 41.2 Å². The second-order valence-electron chi connectivity index (χ2n) is 6.64. The van der Waals surface area contributed by atoms with Gasteiger partial charge in [0.1, 0.15) is 0 Å². The maximum Gasteiger partial charge on any atom is 0.488 e. The van der Waals surface area contributed by atoms with Gasteiger partial charge in [-0.05, 0) is 55.7 Å². The Morgan fingerprint density at radius 3 is 2.05 bits per heavy atom. The van der Waals surface area contributed by atoms with Crippen molar-refractivity contribution in [3.8, 4) is 0 Å². The van der Waals surface area contributed by atoms with Gasteiger partial charge in [0.05, 0.1) is 0 Å². The Kier molecular flexibility index (Phi) is 4.99. The average Bonchev–Trinajstić information content (AvgIpc) is 2.56. The molecule has 21 heavy (non-hydrogen) atoms. The number of hydrogen-bond donors (Lipinski definition) is 2. The molecule has 2 N–H and O–H groups in total. The van der Waals surface area contributed by atoms with Crippen molar-refractivity contribution < 1.29 is 10.0 Å². The number of rotatable bonds is 3. The fourth-order valence-electron chi connectivity index (χ4n) is 3.98. The third-order valence-corrected chi connectivity index (χ3v) is 5.33. The summed E-state index contributed by atoms with van der Waals surface area (Å²) in [7, 11) is -1.35. The second-order valence-corrected chi connectivity index (χ2v) is 6.64. The first kappa shape index (κ1) is 15.1. The molecule has 3 rings (SSSR count). The highest BCUT2D eigenvalue weighted by Crippen LogP contribution is 2.31. The molecule has 3 nitrogen and oxygen atoms in total. The summed E-state index contributed by atoms with van der Waals surface area (Å²) in [6.45, 7) is 2.44. The zero-order valence-corrected chi connectivity index (χ0v) is 12.7. The summed E-state index contributed by atoms with van der Waals surface area (Å²) in [5.74, 6) is 0.634. The monoisotopic (exact) mass is 287 g/mol. The highest BCUT2D eigenvalue weighted by atomic mass is 16.4. The van der Waals surface area contributed by atoms with Crippen LogP contribution in [0.5, 0.6) is 0 Å². The molecule has 1 aliphatic carbocycles. The van der Waals surface area contributed by atoms with Gasteiger partial charge in [-0.25, -0.2) is 0 Å². The fourth-order valence-corrected chi connectivity index (χ4v) is 3.98. The van der Waals surface area contributed by atoms with Crippen LogP contribution in [0.3, 0.4) is 0 Å². The van der Waals surface area contributed by atoms with Crippen molar-refractivity contribution in [3.05, 3.63) is 29.8 Å². The van der Waals surface area contributed by atoms with E-state index < -0.39 is 7.12 Å². The average molecular weight is 287 g/mol. The van der Waals surface area contributed by atoms with Crippen molar-refractivity contribution in [1.29, 1.82) is 0 Å². The summed E-state index contributed by atoms with van der Waals surface area (Å²) in [6, 6.07) is 8.65. The highest BCUT2D eigenvalue weighted by Gasteiger charge is 2.26. The quantitative estimate of drug-likeness (QED) is 0.834. The van der Waals surface area contributed by atoms with Gasteiger partial charge < -0.3 is 14.9 Å². The van der Waals surface area contributed by atoms with Crippen molar-refractivity contribution in [3.63, 3.8) is 0 Å². The van der Waals surface area contributed by atoms with E-state index in [0.717, 1.165) is 6.04 Å². The topological polar surface area (TPSA) is 43.7 Å². The minimum atomic E-state index is -1.35. The Morgan fingerprint density at radius 1 is 0.857 bits per heavy atom. The van der Waals surface area contributed by atoms with Crippen LogP contribution in [-0.2, 0) is 0 Å². The van der Waals surface area contributed by atoms with E-state index in [9.17, 15) is 0 Å². The molecule has 1 aliphatic heterocycles. The van der Waals surface area contributed by atoms with Crippen LogP contribution in [0.15, 0.2) is 24.3 Å². The van der Waals surface area contributed by atoms with E-state index in [2.05, 4.69) is 17.0 Å². The molecule has 0 radical (unpaired) electrons. The van der Waals surface area contributed by atoms with Gasteiger partial charge in [0.2, 0.25) is 0 Å². The van der Waals surface area contributed by atoms with Crippen LogP contribution in [0, 0.1) is 0 Å². The van der Waals surface area contributed by atoms with E-state index in [4.69, 9.17) is 10.0 Å². The minimum Gasteiger partial charge on any atom is -0.423 e. The largest absolute Gasteiger partial charge is 0.488 e. The maximum absolute atomic E-state index is 9.15. The number of nitrogens with zero attached hydrogens (tertiary/aromatic N) is 1. The van der Waals surface area contributed by atoms with Crippen molar-refractivity contribution >= 4 is 12.6 Å². The van der Waals surface area contributed by atoms with Crippen LogP contribution in [0.25, 0.3) is 0 Å². The predicted molar refractivity (Wildman–Crippen MR) is 86.7 cm³/mol. The molecular weight excluding hydrogens is 261 g/mol. The Bertz CT molecular complexity index is 435. The van der Waals surface area contributed by atoms with Crippen LogP contribution in [0.2, 0.25) is 0 Å². The number of hydrogen-bond acceptors (Lipinski definition) is 3. The molecule has 2 aliphatic rings. The summed E-state index contributed by atoms with van der Waals surface area (Å²) in [5.41, 5.74) is 1.93. The number of benzene rings is 1. The lowest BCUT2D eigenvalue weighted by Gasteiger charge is -2.39. The fraction of sp³-hybridized carbons (Fsp3) is 0.647. The summed E-state index contributed by atoms with van der Waals surface area (Å²) in [6.07, 6.45) is 9.51. The van der Waals surface area contributed by atoms with Gasteiger partial charge in [-0.2, -0.15) is 0 Å². The predicted octanol–water partition coefficient (Wildman–Crippen LogP) is 1.88. The van der Waals surface area contributed by atoms with E-state index in [0.29, 0.717) is 11.4 Å². The van der Waals surface area contributed by atoms with Gasteiger partial charge >= 0.3 is 7.12 Å². The zero-order valence-electron chi connectivity index (χ0n) is 12.7. The van der Waals surface area contributed by atoms with E-state index in [1.54, 1.807) is 0 Å². The molecule has 114 valence electrons. The van der Waals surface area contributed by atoms with Gasteiger partial charge in [-0.3, -0.25) is 0 Å². The maximum atomic E-state index is 9.15. The molecule has 1 saturated carbocycles. The third-order valence-electron chi connectivity index (χ3n) is 5.33. The standard InChI is InChI=1S/C17H26BNO2/c20-18(21)16-8-6-14(7-9-16)15-10-12-19(13-11-15)17-4-2-1-3-5-17/h6-9,15,17,20-21H,1-5,10-13H2. The molecule has 0 atom stereocenters. The van der Waals surface area contributed by atoms with E-state index in [1.165, 1.54) is 63.6 Å². The Labute approximate surface area is 128 Å². The van der Waals surface area contributed by atoms with Gasteiger partial charge in [-0.15, -0.1) is 0 Å². The summed E-state index contributed by atoms with van der Waals surface area (Å²) < 4.78 is 0. The molecule has 0 unspecified atom stereocenters. The van der Waals surface area contributed by atoms with Crippen LogP contribution in [0.4, 0.5) is 0 Å². The lowest BCUT2D eigenvalue weighted by Crippen LogP contribution is -2.41. The van der Waals surface area contributed by atoms with E-state index in [1.807, 2.05) is 12.1 Å². The summed E-state index contributed by atoms with van der Waals surface area (Å²) >= 11 is 0. The van der Waals surface area contributed by atoms with Crippen molar-refractivity contribution in [1.82, 2.24) is 4.90 Å². The van der Waals surface area contributed by atoms with E-state index >= 15 is 0 Å². The number of likely N-dealkylation sites (tertiary alicyclic amines) is 1. The number of piperidine rings is 1. The molecule has 1 heterocycles. The highest BCUT2D eigenvalue weighted by molar-refractivity contribution is 6.58. The molecule has 0 amide bonds. The van der Waals surface area contributed by atoms with Crippen molar-refractivity contribution in [2.75, 3.05) is 13.1 Å². The molecule has 1 aromatic rings. The lowest BCUT2D eigenvalue weighted by atomic mass is 9.78. The SMILES string of the molecule is OB(O)c1ccc(C2CCN(C3CCCCC3)CC2)cc1. The minimum absolute atomic E-state index is 0.582. The van der Waals surface area contributed by atoms with Gasteiger partial charge in [-0.1, -0.05) is 43.5 Å². The summed E-state index contributed by atoms with van der Waals surface area (Å²) in [4.78, 5) is 2.71. The van der Waals surface area contributed by atoms with Gasteiger partial charge in [0.25, 0.3) is 0 Å². The lowest BCUT2D eigenvalue weighted by molar-refractivity contribution is 0.122. The first-order valence-corrected chi connectivity index (χ1v) is 8.44. The molecular formula is C17H26BNO2. The summed E-state index contributed by atoms with van der Waals surface area (Å²) in [5, 5.41) is 18.3. The molecule has 0 aromatic heterocycles. The van der Waals surface area contributed by atoms with E-state index in [-0.39, 0.29) is 0 Å². The smallest absolute Gasteiger partial charge is 0.423 e. The van der Waals surface area contributed by atoms with Crippen molar-refractivity contribution in [2.45, 2.75) is 56.9 Å². The van der Waals surface area contributed by atoms with Crippen LogP contribution < -0.4 is 5.46 Å². The molecule has 0 spiro atoms. The Balaban J connectivity index is 1.55. The van der Waals surface area contributed by atoms with Gasteiger partial charge in [0, 0.05) is 6.04 Å². The first-order chi connectivity index (χ1) is 10.2. The second kappa shape index (κ2) is 6.95. The first-order valence-electron chi connectivity index (χ1n) is 8.44. The molecule has 4 heteroatoms. The normalized spacial score (nSPS) is 22.4. The van der Waals surface area contributed by atoms with Crippen LogP contribution >= 0.6 is 0 Å². The Hall–Kier alpha value is -0.835. The Morgan fingerprint density at radius 2 is 1.48 bits per heavy atom.